The molecule has 0 N–H and O–H groups in total. The second-order valence-electron chi connectivity index (χ2n) is 6.94. The van der Waals surface area contributed by atoms with Crippen molar-refractivity contribution < 1.29 is 83.4 Å². The van der Waals surface area contributed by atoms with Gasteiger partial charge in [-0.2, -0.15) is 0 Å². The SMILES string of the molecule is COC(=O)CCC1(CCC(=O)OC)c2ccccc2-c2ccc(S(=O)(=O)[O-])cc21.[K+]. The van der Waals surface area contributed by atoms with Crippen LogP contribution in [0.25, 0.3) is 11.1 Å². The van der Waals surface area contributed by atoms with E-state index >= 15 is 0 Å². The molecule has 0 fully saturated rings. The summed E-state index contributed by atoms with van der Waals surface area (Å²) >= 11 is 0. The molecule has 0 saturated carbocycles. The maximum atomic E-state index is 11.9. The number of methoxy groups -OCH3 is 2. The summed E-state index contributed by atoms with van der Waals surface area (Å²) in [4.78, 5) is 23.4. The first-order chi connectivity index (χ1) is 13.7. The number of ether oxygens (including phenoxy) is 2. The third-order valence-corrected chi connectivity index (χ3v) is 6.33. The van der Waals surface area contributed by atoms with E-state index in [1.165, 1.54) is 26.4 Å². The van der Waals surface area contributed by atoms with E-state index in [1.807, 2.05) is 24.3 Å². The average Bonchev–Trinajstić information content (AvgIpc) is 2.99. The van der Waals surface area contributed by atoms with Crippen molar-refractivity contribution in [3.8, 4) is 11.1 Å². The fourth-order valence-electron chi connectivity index (χ4n) is 4.09. The summed E-state index contributed by atoms with van der Waals surface area (Å²) in [6.45, 7) is 0. The topological polar surface area (TPSA) is 110 Å². The van der Waals surface area contributed by atoms with Crippen LogP contribution in [-0.2, 0) is 34.6 Å². The number of carbonyl (C=O) groups is 2. The monoisotopic (exact) mass is 456 g/mol. The van der Waals surface area contributed by atoms with Gasteiger partial charge in [0.05, 0.1) is 19.1 Å². The van der Waals surface area contributed by atoms with Crippen molar-refractivity contribution >= 4 is 22.1 Å². The summed E-state index contributed by atoms with van der Waals surface area (Å²) in [6, 6.07) is 11.8. The number of carbonyl (C=O) groups excluding carboxylic acids is 2. The third kappa shape index (κ3) is 4.88. The van der Waals surface area contributed by atoms with Gasteiger partial charge in [0.2, 0.25) is 0 Å². The molecule has 2 aromatic rings. The predicted octanol–water partition coefficient (Wildman–Crippen LogP) is -0.232. The zero-order valence-corrected chi connectivity index (χ0v) is 21.1. The van der Waals surface area contributed by atoms with Crippen molar-refractivity contribution in [2.24, 2.45) is 0 Å². The molecule has 0 amide bonds. The number of fused-ring (bicyclic) bond motifs is 3. The zero-order chi connectivity index (χ0) is 21.2. The van der Waals surface area contributed by atoms with Crippen molar-refractivity contribution in [3.05, 3.63) is 53.6 Å². The molecule has 0 atom stereocenters. The molecule has 1 aliphatic carbocycles. The van der Waals surface area contributed by atoms with E-state index in [4.69, 9.17) is 9.47 Å². The van der Waals surface area contributed by atoms with E-state index in [9.17, 15) is 22.6 Å². The van der Waals surface area contributed by atoms with E-state index in [-0.39, 0.29) is 69.1 Å². The summed E-state index contributed by atoms with van der Waals surface area (Å²) in [7, 11) is -2.08. The van der Waals surface area contributed by atoms with Crippen LogP contribution in [-0.4, -0.2) is 39.1 Å². The van der Waals surface area contributed by atoms with Crippen LogP contribution in [0.1, 0.15) is 36.8 Å². The molecule has 2 aromatic carbocycles. The van der Waals surface area contributed by atoms with Gasteiger partial charge in [-0.15, -0.1) is 0 Å². The molecule has 0 radical (unpaired) electrons. The number of esters is 2. The predicted molar refractivity (Wildman–Crippen MR) is 103 cm³/mol. The minimum atomic E-state index is -4.67. The van der Waals surface area contributed by atoms with Gasteiger partial charge >= 0.3 is 63.3 Å². The molecule has 154 valence electrons. The molecule has 0 bridgehead atoms. The second-order valence-corrected chi connectivity index (χ2v) is 8.32. The molecule has 0 heterocycles. The van der Waals surface area contributed by atoms with Crippen molar-refractivity contribution in [1.29, 1.82) is 0 Å². The Morgan fingerprint density at radius 3 is 1.97 bits per heavy atom. The van der Waals surface area contributed by atoms with E-state index in [1.54, 1.807) is 6.07 Å². The molecular weight excluding hydrogens is 435 g/mol. The first kappa shape index (κ1) is 25.2. The molecule has 9 heteroatoms. The second kappa shape index (κ2) is 10.0. The summed E-state index contributed by atoms with van der Waals surface area (Å²) < 4.78 is 44.5. The van der Waals surface area contributed by atoms with Crippen LogP contribution in [0.15, 0.2) is 47.4 Å². The van der Waals surface area contributed by atoms with Crippen molar-refractivity contribution in [1.82, 2.24) is 0 Å². The van der Waals surface area contributed by atoms with E-state index in [0.717, 1.165) is 16.7 Å². The van der Waals surface area contributed by atoms with Crippen LogP contribution in [0.5, 0.6) is 0 Å². The summed E-state index contributed by atoms with van der Waals surface area (Å²) in [5, 5.41) is 0. The smallest absolute Gasteiger partial charge is 0.744 e. The normalized spacial score (nSPS) is 13.6. The molecule has 0 spiro atoms. The molecule has 7 nitrogen and oxygen atoms in total. The Labute approximate surface area is 218 Å². The Kier molecular flexibility index (Phi) is 8.42. The van der Waals surface area contributed by atoms with Crippen LogP contribution < -0.4 is 51.4 Å². The third-order valence-electron chi connectivity index (χ3n) is 5.50. The molecule has 0 aromatic heterocycles. The van der Waals surface area contributed by atoms with Gasteiger partial charge in [-0.25, -0.2) is 8.42 Å². The van der Waals surface area contributed by atoms with Gasteiger partial charge in [-0.05, 0) is 47.2 Å². The van der Waals surface area contributed by atoms with Crippen molar-refractivity contribution in [2.45, 2.75) is 36.0 Å². The molecular formula is C21H21KO7S. The molecule has 30 heavy (non-hydrogen) atoms. The van der Waals surface area contributed by atoms with Gasteiger partial charge < -0.3 is 14.0 Å². The molecule has 0 saturated heterocycles. The molecule has 1 aliphatic rings. The number of hydrogen-bond donors (Lipinski definition) is 0. The number of hydrogen-bond acceptors (Lipinski definition) is 7. The van der Waals surface area contributed by atoms with Crippen LogP contribution in [0.3, 0.4) is 0 Å². The molecule has 0 aliphatic heterocycles. The van der Waals surface area contributed by atoms with Crippen LogP contribution in [0, 0.1) is 0 Å². The fraction of sp³-hybridized carbons (Fsp3) is 0.333. The minimum Gasteiger partial charge on any atom is -0.744 e. The van der Waals surface area contributed by atoms with Crippen molar-refractivity contribution in [2.75, 3.05) is 14.2 Å². The first-order valence-electron chi connectivity index (χ1n) is 9.07. The first-order valence-corrected chi connectivity index (χ1v) is 10.5. The maximum Gasteiger partial charge on any atom is 1.00 e. The Balaban J connectivity index is 0.00000320. The molecule has 3 rings (SSSR count). The van der Waals surface area contributed by atoms with Crippen LogP contribution in [0.2, 0.25) is 0 Å². The number of rotatable bonds is 7. The fourth-order valence-corrected chi connectivity index (χ4v) is 4.59. The molecule has 0 unspecified atom stereocenters. The average molecular weight is 457 g/mol. The van der Waals surface area contributed by atoms with Gasteiger partial charge in [0.15, 0.2) is 0 Å². The number of benzene rings is 2. The summed E-state index contributed by atoms with van der Waals surface area (Å²) in [6.07, 6.45) is 0.728. The summed E-state index contributed by atoms with van der Waals surface area (Å²) in [5.41, 5.74) is 2.33. The minimum absolute atomic E-state index is 0. The Morgan fingerprint density at radius 1 is 0.900 bits per heavy atom. The largest absolute Gasteiger partial charge is 1.00 e. The quantitative estimate of drug-likeness (QED) is 0.321. The van der Waals surface area contributed by atoms with Gasteiger partial charge in [0.25, 0.3) is 0 Å². The maximum absolute atomic E-state index is 11.9. The van der Waals surface area contributed by atoms with Gasteiger partial charge in [-0.1, -0.05) is 30.3 Å². The van der Waals surface area contributed by atoms with Gasteiger partial charge in [0.1, 0.15) is 10.1 Å². The zero-order valence-electron chi connectivity index (χ0n) is 17.1. The Hall–Kier alpha value is -1.07. The van der Waals surface area contributed by atoms with Crippen molar-refractivity contribution in [3.63, 3.8) is 0 Å². The Bertz CT molecular complexity index is 1040. The summed E-state index contributed by atoms with van der Waals surface area (Å²) in [5.74, 6) is -0.832. The Morgan fingerprint density at radius 2 is 1.43 bits per heavy atom. The van der Waals surface area contributed by atoms with E-state index < -0.39 is 27.5 Å². The van der Waals surface area contributed by atoms with Crippen LogP contribution >= 0.6 is 0 Å². The van der Waals surface area contributed by atoms with Gasteiger partial charge in [0, 0.05) is 18.3 Å². The van der Waals surface area contributed by atoms with Crippen LogP contribution in [0.4, 0.5) is 0 Å². The standard InChI is InChI=1S/C21H22O7S.K/c1-27-19(22)9-11-21(12-10-20(23)28-2)17-6-4-3-5-15(17)16-8-7-14(13-18(16)21)29(24,25)26;/h3-8,13H,9-12H2,1-2H3,(H,24,25,26);/q;+1/p-1. The van der Waals surface area contributed by atoms with E-state index in [2.05, 4.69) is 0 Å². The van der Waals surface area contributed by atoms with E-state index in [0.29, 0.717) is 18.4 Å². The van der Waals surface area contributed by atoms with Gasteiger partial charge in [-0.3, -0.25) is 9.59 Å².